The predicted molar refractivity (Wildman–Crippen MR) is 115 cm³/mol. The SMILES string of the molecule is CC(C)C(NC(=O)c1ccccc1)C(=O)N1CCC(c2ccc(Br)cc2)CC1. The van der Waals surface area contributed by atoms with Crippen molar-refractivity contribution in [3.05, 3.63) is 70.2 Å². The van der Waals surface area contributed by atoms with Gasteiger partial charge in [-0.25, -0.2) is 0 Å². The number of hydrogen-bond acceptors (Lipinski definition) is 2. The Morgan fingerprint density at radius 3 is 2.18 bits per heavy atom. The molecule has 4 nitrogen and oxygen atoms in total. The van der Waals surface area contributed by atoms with Gasteiger partial charge in [0.15, 0.2) is 0 Å². The Hall–Kier alpha value is -2.14. The molecule has 1 N–H and O–H groups in total. The standard InChI is InChI=1S/C23H27BrN2O2/c1-16(2)21(25-22(27)19-6-4-3-5-7-19)23(28)26-14-12-18(13-15-26)17-8-10-20(24)11-9-17/h3-11,16,18,21H,12-15H2,1-2H3,(H,25,27). The van der Waals surface area contributed by atoms with Crippen LogP contribution in [0.4, 0.5) is 0 Å². The van der Waals surface area contributed by atoms with Gasteiger partial charge >= 0.3 is 0 Å². The van der Waals surface area contributed by atoms with Crippen LogP contribution in [0.2, 0.25) is 0 Å². The van der Waals surface area contributed by atoms with E-state index in [2.05, 4.69) is 45.5 Å². The zero-order chi connectivity index (χ0) is 20.1. The zero-order valence-corrected chi connectivity index (χ0v) is 18.0. The number of amides is 2. The van der Waals surface area contributed by atoms with Crippen molar-refractivity contribution in [2.45, 2.75) is 38.6 Å². The molecule has 0 spiro atoms. The second-order valence-electron chi connectivity index (χ2n) is 7.71. The lowest BCUT2D eigenvalue weighted by atomic mass is 9.89. The van der Waals surface area contributed by atoms with Crippen molar-refractivity contribution in [3.63, 3.8) is 0 Å². The van der Waals surface area contributed by atoms with E-state index in [-0.39, 0.29) is 17.7 Å². The first-order valence-electron chi connectivity index (χ1n) is 9.86. The fourth-order valence-corrected chi connectivity index (χ4v) is 3.96. The Balaban J connectivity index is 1.61. The van der Waals surface area contributed by atoms with E-state index in [1.54, 1.807) is 12.1 Å². The quantitative estimate of drug-likeness (QED) is 0.734. The van der Waals surface area contributed by atoms with Crippen molar-refractivity contribution in [3.8, 4) is 0 Å². The van der Waals surface area contributed by atoms with E-state index in [9.17, 15) is 9.59 Å². The highest BCUT2D eigenvalue weighted by Crippen LogP contribution is 2.29. The molecule has 148 valence electrons. The fourth-order valence-electron chi connectivity index (χ4n) is 3.69. The molecule has 2 amide bonds. The average molecular weight is 443 g/mol. The van der Waals surface area contributed by atoms with E-state index in [0.29, 0.717) is 11.5 Å². The molecule has 0 bridgehead atoms. The van der Waals surface area contributed by atoms with Crippen LogP contribution in [0.1, 0.15) is 48.5 Å². The smallest absolute Gasteiger partial charge is 0.251 e. The second kappa shape index (κ2) is 9.37. The monoisotopic (exact) mass is 442 g/mol. The van der Waals surface area contributed by atoms with Gasteiger partial charge in [-0.3, -0.25) is 9.59 Å². The van der Waals surface area contributed by atoms with Gasteiger partial charge in [0, 0.05) is 23.1 Å². The maximum atomic E-state index is 13.1. The van der Waals surface area contributed by atoms with Gasteiger partial charge < -0.3 is 10.2 Å². The molecule has 2 aromatic rings. The number of nitrogens with zero attached hydrogens (tertiary/aromatic N) is 1. The van der Waals surface area contributed by atoms with Crippen LogP contribution in [-0.4, -0.2) is 35.8 Å². The normalized spacial score (nSPS) is 16.1. The molecule has 5 heteroatoms. The predicted octanol–water partition coefficient (Wildman–Crippen LogP) is 4.61. The number of carbonyl (C=O) groups is 2. The zero-order valence-electron chi connectivity index (χ0n) is 16.4. The fraction of sp³-hybridized carbons (Fsp3) is 0.391. The lowest BCUT2D eigenvalue weighted by molar-refractivity contribution is -0.135. The molecule has 0 aromatic heterocycles. The molecule has 3 rings (SSSR count). The van der Waals surface area contributed by atoms with Crippen LogP contribution in [0.25, 0.3) is 0 Å². The van der Waals surface area contributed by atoms with Crippen LogP contribution in [0.3, 0.4) is 0 Å². The summed E-state index contributed by atoms with van der Waals surface area (Å²) in [7, 11) is 0. The molecular formula is C23H27BrN2O2. The summed E-state index contributed by atoms with van der Waals surface area (Å²) in [5.41, 5.74) is 1.91. The van der Waals surface area contributed by atoms with Gasteiger partial charge in [0.2, 0.25) is 5.91 Å². The number of piperidine rings is 1. The third kappa shape index (κ3) is 5.02. The summed E-state index contributed by atoms with van der Waals surface area (Å²) in [6.07, 6.45) is 1.90. The van der Waals surface area contributed by atoms with Gasteiger partial charge in [-0.05, 0) is 54.5 Å². The Morgan fingerprint density at radius 2 is 1.61 bits per heavy atom. The van der Waals surface area contributed by atoms with Crippen LogP contribution >= 0.6 is 15.9 Å². The van der Waals surface area contributed by atoms with Gasteiger partial charge in [-0.15, -0.1) is 0 Å². The Bertz CT molecular complexity index is 797. The minimum absolute atomic E-state index is 0.0218. The highest BCUT2D eigenvalue weighted by molar-refractivity contribution is 9.10. The number of nitrogens with one attached hydrogen (secondary N) is 1. The minimum atomic E-state index is -0.503. The van der Waals surface area contributed by atoms with Crippen molar-refractivity contribution in [1.29, 1.82) is 0 Å². The van der Waals surface area contributed by atoms with Crippen molar-refractivity contribution in [1.82, 2.24) is 10.2 Å². The van der Waals surface area contributed by atoms with E-state index in [4.69, 9.17) is 0 Å². The molecule has 1 atom stereocenters. The summed E-state index contributed by atoms with van der Waals surface area (Å²) in [6, 6.07) is 17.0. The molecule has 1 fully saturated rings. The number of rotatable bonds is 5. The van der Waals surface area contributed by atoms with Crippen molar-refractivity contribution >= 4 is 27.7 Å². The maximum Gasteiger partial charge on any atom is 0.251 e. The lowest BCUT2D eigenvalue weighted by Crippen LogP contribution is -2.52. The second-order valence-corrected chi connectivity index (χ2v) is 8.63. The first kappa shape index (κ1) is 20.6. The average Bonchev–Trinajstić information content (AvgIpc) is 2.72. The first-order chi connectivity index (χ1) is 13.5. The third-order valence-electron chi connectivity index (χ3n) is 5.40. The topological polar surface area (TPSA) is 49.4 Å². The van der Waals surface area contributed by atoms with Crippen molar-refractivity contribution in [2.75, 3.05) is 13.1 Å². The number of carbonyl (C=O) groups excluding carboxylic acids is 2. The van der Waals surface area contributed by atoms with E-state index < -0.39 is 6.04 Å². The van der Waals surface area contributed by atoms with E-state index in [1.165, 1.54) is 5.56 Å². The van der Waals surface area contributed by atoms with Gasteiger partial charge in [0.05, 0.1) is 0 Å². The van der Waals surface area contributed by atoms with Gasteiger partial charge in [0.1, 0.15) is 6.04 Å². The summed E-state index contributed by atoms with van der Waals surface area (Å²) in [4.78, 5) is 27.5. The highest BCUT2D eigenvalue weighted by atomic mass is 79.9. The summed E-state index contributed by atoms with van der Waals surface area (Å²) in [5, 5.41) is 2.94. The van der Waals surface area contributed by atoms with Crippen LogP contribution in [0, 0.1) is 5.92 Å². The molecule has 28 heavy (non-hydrogen) atoms. The van der Waals surface area contributed by atoms with Gasteiger partial charge in [-0.1, -0.05) is 60.1 Å². The molecule has 1 aliphatic heterocycles. The summed E-state index contributed by atoms with van der Waals surface area (Å²) >= 11 is 3.48. The van der Waals surface area contributed by atoms with Crippen LogP contribution in [-0.2, 0) is 4.79 Å². The molecule has 0 aliphatic carbocycles. The summed E-state index contributed by atoms with van der Waals surface area (Å²) in [5.74, 6) is 0.337. The minimum Gasteiger partial charge on any atom is -0.341 e. The number of benzene rings is 2. The largest absolute Gasteiger partial charge is 0.341 e. The summed E-state index contributed by atoms with van der Waals surface area (Å²) < 4.78 is 1.08. The van der Waals surface area contributed by atoms with Crippen LogP contribution < -0.4 is 5.32 Å². The lowest BCUT2D eigenvalue weighted by Gasteiger charge is -2.35. The molecule has 0 radical (unpaired) electrons. The Morgan fingerprint density at radius 1 is 1.00 bits per heavy atom. The molecular weight excluding hydrogens is 416 g/mol. The van der Waals surface area contributed by atoms with Crippen molar-refractivity contribution < 1.29 is 9.59 Å². The third-order valence-corrected chi connectivity index (χ3v) is 5.93. The van der Waals surface area contributed by atoms with Gasteiger partial charge in [-0.2, -0.15) is 0 Å². The number of likely N-dealkylation sites (tertiary alicyclic amines) is 1. The molecule has 0 saturated carbocycles. The number of halogens is 1. The van der Waals surface area contributed by atoms with E-state index in [0.717, 1.165) is 30.4 Å². The molecule has 1 heterocycles. The molecule has 2 aromatic carbocycles. The molecule has 1 unspecified atom stereocenters. The van der Waals surface area contributed by atoms with Crippen LogP contribution in [0.15, 0.2) is 59.1 Å². The Kier molecular flexibility index (Phi) is 6.89. The van der Waals surface area contributed by atoms with E-state index in [1.807, 2.05) is 36.9 Å². The van der Waals surface area contributed by atoms with Crippen molar-refractivity contribution in [2.24, 2.45) is 5.92 Å². The molecule has 1 aliphatic rings. The van der Waals surface area contributed by atoms with E-state index >= 15 is 0 Å². The van der Waals surface area contributed by atoms with Crippen LogP contribution in [0.5, 0.6) is 0 Å². The Labute approximate surface area is 175 Å². The van der Waals surface area contributed by atoms with Gasteiger partial charge in [0.25, 0.3) is 5.91 Å². The number of hydrogen-bond donors (Lipinski definition) is 1. The molecule has 1 saturated heterocycles. The maximum absolute atomic E-state index is 13.1. The first-order valence-corrected chi connectivity index (χ1v) is 10.6. The summed E-state index contributed by atoms with van der Waals surface area (Å²) in [6.45, 7) is 5.40. The highest BCUT2D eigenvalue weighted by Gasteiger charge is 2.31.